The van der Waals surface area contributed by atoms with Crippen molar-refractivity contribution in [2.24, 2.45) is 11.0 Å². The molecule has 0 saturated carbocycles. The average molecular weight is 461 g/mol. The largest absolute Gasteiger partial charge is 0.356 e. The van der Waals surface area contributed by atoms with Crippen LogP contribution in [0.1, 0.15) is 60.8 Å². The van der Waals surface area contributed by atoms with Crippen LogP contribution in [0.2, 0.25) is 0 Å². The highest BCUT2D eigenvalue weighted by Gasteiger charge is 2.35. The average Bonchev–Trinajstić information content (AvgIpc) is 3.39. The first-order valence-corrected chi connectivity index (χ1v) is 12.0. The second-order valence-electron chi connectivity index (χ2n) is 8.55. The van der Waals surface area contributed by atoms with Crippen molar-refractivity contribution in [1.82, 2.24) is 19.9 Å². The Bertz CT molecular complexity index is 1060. The molecule has 2 aliphatic rings. The van der Waals surface area contributed by atoms with Gasteiger partial charge < -0.3 is 9.80 Å². The SMILES string of the molecule is C=Cc1c(C(=O)N(CC)CC)ncnc1N1CCC(C(=O)N2N=CC[C@H]2c2ccccc2)CC1. The van der Waals surface area contributed by atoms with E-state index in [4.69, 9.17) is 0 Å². The smallest absolute Gasteiger partial charge is 0.273 e. The minimum Gasteiger partial charge on any atom is -0.356 e. The number of piperidine rings is 1. The van der Waals surface area contributed by atoms with Gasteiger partial charge in [-0.25, -0.2) is 15.0 Å². The number of hydrogen-bond donors (Lipinski definition) is 0. The van der Waals surface area contributed by atoms with Crippen LogP contribution in [0.15, 0.2) is 48.3 Å². The van der Waals surface area contributed by atoms with Gasteiger partial charge in [-0.1, -0.05) is 43.0 Å². The summed E-state index contributed by atoms with van der Waals surface area (Å²) in [5.74, 6) is 0.565. The number of hydrogen-bond acceptors (Lipinski definition) is 6. The molecule has 0 spiro atoms. The Morgan fingerprint density at radius 2 is 1.82 bits per heavy atom. The van der Waals surface area contributed by atoms with Gasteiger partial charge in [-0.05, 0) is 32.3 Å². The molecule has 8 heteroatoms. The van der Waals surface area contributed by atoms with E-state index in [1.807, 2.05) is 50.4 Å². The quantitative estimate of drug-likeness (QED) is 0.628. The lowest BCUT2D eigenvalue weighted by molar-refractivity contribution is -0.138. The van der Waals surface area contributed by atoms with Crippen molar-refractivity contribution in [3.63, 3.8) is 0 Å². The van der Waals surface area contributed by atoms with Gasteiger partial charge in [-0.15, -0.1) is 0 Å². The van der Waals surface area contributed by atoms with E-state index in [1.165, 1.54) is 6.33 Å². The summed E-state index contributed by atoms with van der Waals surface area (Å²) in [4.78, 5) is 38.9. The van der Waals surface area contributed by atoms with E-state index in [9.17, 15) is 9.59 Å². The predicted molar refractivity (Wildman–Crippen MR) is 133 cm³/mol. The third-order valence-electron chi connectivity index (χ3n) is 6.70. The predicted octanol–water partition coefficient (Wildman–Crippen LogP) is 3.78. The van der Waals surface area contributed by atoms with Crippen LogP contribution in [0.5, 0.6) is 0 Å². The molecule has 0 radical (unpaired) electrons. The number of benzene rings is 1. The maximum atomic E-state index is 13.3. The molecule has 1 aromatic heterocycles. The van der Waals surface area contributed by atoms with Crippen molar-refractivity contribution >= 4 is 29.9 Å². The highest BCUT2D eigenvalue weighted by molar-refractivity contribution is 5.97. The van der Waals surface area contributed by atoms with Gasteiger partial charge in [0.15, 0.2) is 0 Å². The normalized spacial score (nSPS) is 18.2. The van der Waals surface area contributed by atoms with Crippen molar-refractivity contribution in [2.75, 3.05) is 31.1 Å². The summed E-state index contributed by atoms with van der Waals surface area (Å²) in [6.45, 7) is 10.4. The van der Waals surface area contributed by atoms with Crippen LogP contribution >= 0.6 is 0 Å². The van der Waals surface area contributed by atoms with Gasteiger partial charge in [0.05, 0.1) is 6.04 Å². The first-order chi connectivity index (χ1) is 16.6. The highest BCUT2D eigenvalue weighted by Crippen LogP contribution is 2.33. The molecule has 0 aliphatic carbocycles. The van der Waals surface area contributed by atoms with Gasteiger partial charge in [0.2, 0.25) is 5.91 Å². The van der Waals surface area contributed by atoms with Gasteiger partial charge in [-0.2, -0.15) is 5.10 Å². The summed E-state index contributed by atoms with van der Waals surface area (Å²) in [7, 11) is 0. The molecule has 2 aliphatic heterocycles. The molecule has 178 valence electrons. The number of aromatic nitrogens is 2. The maximum Gasteiger partial charge on any atom is 0.273 e. The van der Waals surface area contributed by atoms with Crippen molar-refractivity contribution in [3.8, 4) is 0 Å². The van der Waals surface area contributed by atoms with E-state index >= 15 is 0 Å². The van der Waals surface area contributed by atoms with Crippen molar-refractivity contribution in [3.05, 3.63) is 60.1 Å². The summed E-state index contributed by atoms with van der Waals surface area (Å²) in [6.07, 6.45) is 7.07. The van der Waals surface area contributed by atoms with Crippen LogP contribution in [0.4, 0.5) is 5.82 Å². The van der Waals surface area contributed by atoms with Crippen LogP contribution in [-0.2, 0) is 4.79 Å². The molecule has 0 N–H and O–H groups in total. The Kier molecular flexibility index (Phi) is 7.35. The van der Waals surface area contributed by atoms with E-state index in [0.29, 0.717) is 56.1 Å². The molecule has 0 bridgehead atoms. The molecule has 0 unspecified atom stereocenters. The van der Waals surface area contributed by atoms with Crippen LogP contribution in [0.25, 0.3) is 6.08 Å². The van der Waals surface area contributed by atoms with Gasteiger partial charge in [-0.3, -0.25) is 9.59 Å². The standard InChI is InChI=1S/C26H32N6O2/c1-4-21-23(26(34)30(5-2)6-3)27-18-28-24(21)31-16-13-20(14-17-31)25(33)32-22(12-15-29-32)19-10-8-7-9-11-19/h4,7-11,15,18,20,22H,1,5-6,12-14,16-17H2,2-3H3/t22-/m0/s1. The fourth-order valence-corrected chi connectivity index (χ4v) is 4.76. The lowest BCUT2D eigenvalue weighted by Gasteiger charge is -2.35. The minimum atomic E-state index is -0.118. The number of carbonyl (C=O) groups excluding carboxylic acids is 2. The van der Waals surface area contributed by atoms with E-state index in [1.54, 1.807) is 16.0 Å². The number of carbonyl (C=O) groups is 2. The van der Waals surface area contributed by atoms with E-state index in [-0.39, 0.29) is 23.8 Å². The third-order valence-corrected chi connectivity index (χ3v) is 6.70. The molecule has 2 amide bonds. The van der Waals surface area contributed by atoms with Crippen molar-refractivity contribution in [1.29, 1.82) is 0 Å². The molecule has 1 aromatic carbocycles. The third kappa shape index (κ3) is 4.58. The van der Waals surface area contributed by atoms with Crippen molar-refractivity contribution in [2.45, 2.75) is 39.2 Å². The monoisotopic (exact) mass is 460 g/mol. The number of anilines is 1. The second kappa shape index (κ2) is 10.6. The van der Waals surface area contributed by atoms with Crippen LogP contribution in [-0.4, -0.2) is 64.1 Å². The Hall–Kier alpha value is -3.55. The highest BCUT2D eigenvalue weighted by atomic mass is 16.2. The van der Waals surface area contributed by atoms with Gasteiger partial charge in [0, 0.05) is 50.3 Å². The molecule has 1 atom stereocenters. The van der Waals surface area contributed by atoms with E-state index < -0.39 is 0 Å². The lowest BCUT2D eigenvalue weighted by atomic mass is 9.94. The van der Waals surface area contributed by atoms with Crippen LogP contribution < -0.4 is 4.90 Å². The van der Waals surface area contributed by atoms with Crippen LogP contribution in [0.3, 0.4) is 0 Å². The van der Waals surface area contributed by atoms with Gasteiger partial charge >= 0.3 is 0 Å². The number of nitrogens with zero attached hydrogens (tertiary/aromatic N) is 6. The number of hydrazone groups is 1. The number of amides is 2. The van der Waals surface area contributed by atoms with Crippen molar-refractivity contribution < 1.29 is 9.59 Å². The molecule has 3 heterocycles. The zero-order valence-corrected chi connectivity index (χ0v) is 19.9. The van der Waals surface area contributed by atoms with Crippen LogP contribution in [0, 0.1) is 5.92 Å². The lowest BCUT2D eigenvalue weighted by Crippen LogP contribution is -2.42. The zero-order valence-electron chi connectivity index (χ0n) is 19.9. The van der Waals surface area contributed by atoms with Gasteiger partial charge in [0.25, 0.3) is 5.91 Å². The summed E-state index contributed by atoms with van der Waals surface area (Å²) < 4.78 is 0. The molecule has 34 heavy (non-hydrogen) atoms. The first-order valence-electron chi connectivity index (χ1n) is 12.0. The first kappa shape index (κ1) is 23.6. The molecular formula is C26H32N6O2. The molecule has 1 fully saturated rings. The van der Waals surface area contributed by atoms with E-state index in [0.717, 1.165) is 12.0 Å². The Balaban J connectivity index is 1.46. The Morgan fingerprint density at radius 1 is 1.12 bits per heavy atom. The molecule has 1 saturated heterocycles. The topological polar surface area (TPSA) is 82.0 Å². The summed E-state index contributed by atoms with van der Waals surface area (Å²) in [6, 6.07) is 10.0. The number of rotatable bonds is 7. The Labute approximate surface area is 201 Å². The summed E-state index contributed by atoms with van der Waals surface area (Å²) >= 11 is 0. The zero-order chi connectivity index (χ0) is 24.1. The fourth-order valence-electron chi connectivity index (χ4n) is 4.76. The van der Waals surface area contributed by atoms with Gasteiger partial charge in [0.1, 0.15) is 17.8 Å². The molecule has 4 rings (SSSR count). The molecule has 2 aromatic rings. The summed E-state index contributed by atoms with van der Waals surface area (Å²) in [5, 5.41) is 6.07. The maximum absolute atomic E-state index is 13.3. The minimum absolute atomic E-state index is 0.0328. The fraction of sp³-hybridized carbons (Fsp3) is 0.423. The summed E-state index contributed by atoms with van der Waals surface area (Å²) in [5.41, 5.74) is 2.13. The van der Waals surface area contributed by atoms with E-state index in [2.05, 4.69) is 26.5 Å². The molecule has 8 nitrogen and oxygen atoms in total. The second-order valence-corrected chi connectivity index (χ2v) is 8.55. The molecular weight excluding hydrogens is 428 g/mol. The Morgan fingerprint density at radius 3 is 2.47 bits per heavy atom.